The van der Waals surface area contributed by atoms with Crippen molar-refractivity contribution in [2.24, 2.45) is 0 Å². The Morgan fingerprint density at radius 3 is 2.25 bits per heavy atom. The fourth-order valence-corrected chi connectivity index (χ4v) is 1.35. The second-order valence-corrected chi connectivity index (χ2v) is 3.31. The van der Waals surface area contributed by atoms with Crippen LogP contribution in [-0.4, -0.2) is 17.2 Å². The van der Waals surface area contributed by atoms with Crippen molar-refractivity contribution in [2.45, 2.75) is 6.92 Å². The Bertz CT molecular complexity index is 302. The van der Waals surface area contributed by atoms with Gasteiger partial charge in [0.15, 0.2) is 0 Å². The van der Waals surface area contributed by atoms with Gasteiger partial charge in [0.1, 0.15) is 0 Å². The van der Waals surface area contributed by atoms with E-state index in [9.17, 15) is 0 Å². The zero-order valence-corrected chi connectivity index (χ0v) is 7.89. The van der Waals surface area contributed by atoms with Crippen molar-refractivity contribution in [1.82, 2.24) is 0 Å². The SMILES string of the molecule is Cc1cc(Cl)c(B(O)O)cc1Cl. The molecule has 0 unspecified atom stereocenters. The van der Waals surface area contributed by atoms with E-state index in [1.54, 1.807) is 13.0 Å². The van der Waals surface area contributed by atoms with Crippen LogP contribution in [0, 0.1) is 6.92 Å². The van der Waals surface area contributed by atoms with Crippen molar-refractivity contribution >= 4 is 35.8 Å². The molecule has 12 heavy (non-hydrogen) atoms. The monoisotopic (exact) mass is 204 g/mol. The molecule has 0 aliphatic rings. The Morgan fingerprint density at radius 2 is 1.75 bits per heavy atom. The van der Waals surface area contributed by atoms with Crippen LogP contribution in [0.25, 0.3) is 0 Å². The summed E-state index contributed by atoms with van der Waals surface area (Å²) in [7, 11) is -1.57. The maximum Gasteiger partial charge on any atom is 0.490 e. The van der Waals surface area contributed by atoms with Crippen LogP contribution in [0.1, 0.15) is 5.56 Å². The first kappa shape index (κ1) is 9.87. The van der Waals surface area contributed by atoms with E-state index in [0.717, 1.165) is 5.56 Å². The van der Waals surface area contributed by atoms with Crippen molar-refractivity contribution in [3.8, 4) is 0 Å². The fourth-order valence-electron chi connectivity index (χ4n) is 0.860. The van der Waals surface area contributed by atoms with Gasteiger partial charge >= 0.3 is 7.12 Å². The van der Waals surface area contributed by atoms with E-state index in [1.165, 1.54) is 6.07 Å². The molecule has 0 saturated carbocycles. The van der Waals surface area contributed by atoms with E-state index in [0.29, 0.717) is 10.0 Å². The van der Waals surface area contributed by atoms with E-state index in [1.807, 2.05) is 0 Å². The lowest BCUT2D eigenvalue weighted by Crippen LogP contribution is -2.30. The average Bonchev–Trinajstić information content (AvgIpc) is 1.96. The molecule has 0 aromatic heterocycles. The predicted molar refractivity (Wildman–Crippen MR) is 51.0 cm³/mol. The van der Waals surface area contributed by atoms with Crippen molar-refractivity contribution in [2.75, 3.05) is 0 Å². The van der Waals surface area contributed by atoms with Gasteiger partial charge in [0.25, 0.3) is 0 Å². The molecule has 0 spiro atoms. The summed E-state index contributed by atoms with van der Waals surface area (Å²) in [5.41, 5.74) is 1.04. The highest BCUT2D eigenvalue weighted by Gasteiger charge is 2.16. The molecule has 0 amide bonds. The van der Waals surface area contributed by atoms with Crippen LogP contribution >= 0.6 is 23.2 Å². The molecule has 0 atom stereocenters. The summed E-state index contributed by atoms with van der Waals surface area (Å²) in [4.78, 5) is 0. The number of halogens is 2. The Balaban J connectivity index is 3.23. The zero-order valence-electron chi connectivity index (χ0n) is 6.38. The lowest BCUT2D eigenvalue weighted by Gasteiger charge is -2.05. The summed E-state index contributed by atoms with van der Waals surface area (Å²) in [5.74, 6) is 0. The van der Waals surface area contributed by atoms with Crippen LogP contribution in [0.5, 0.6) is 0 Å². The van der Waals surface area contributed by atoms with E-state index in [4.69, 9.17) is 33.2 Å². The minimum absolute atomic E-state index is 0.229. The molecule has 0 saturated heterocycles. The highest BCUT2D eigenvalue weighted by molar-refractivity contribution is 6.63. The summed E-state index contributed by atoms with van der Waals surface area (Å²) < 4.78 is 0. The normalized spacial score (nSPS) is 10.1. The van der Waals surface area contributed by atoms with Crippen molar-refractivity contribution in [3.05, 3.63) is 27.7 Å². The quantitative estimate of drug-likeness (QED) is 0.670. The topological polar surface area (TPSA) is 40.5 Å². The fraction of sp³-hybridized carbons (Fsp3) is 0.143. The second-order valence-electron chi connectivity index (χ2n) is 2.50. The first-order valence-electron chi connectivity index (χ1n) is 3.34. The molecule has 0 heterocycles. The summed E-state index contributed by atoms with van der Waals surface area (Å²) in [6.07, 6.45) is 0. The van der Waals surface area contributed by atoms with Crippen LogP contribution in [0.2, 0.25) is 10.0 Å². The molecule has 5 heteroatoms. The lowest BCUT2D eigenvalue weighted by molar-refractivity contribution is 0.426. The number of hydrogen-bond acceptors (Lipinski definition) is 2. The van der Waals surface area contributed by atoms with Crippen LogP contribution in [-0.2, 0) is 0 Å². The lowest BCUT2D eigenvalue weighted by atomic mass is 9.80. The van der Waals surface area contributed by atoms with Gasteiger partial charge in [-0.2, -0.15) is 0 Å². The Morgan fingerprint density at radius 1 is 1.17 bits per heavy atom. The Hall–Kier alpha value is -0.215. The van der Waals surface area contributed by atoms with Crippen LogP contribution in [0.15, 0.2) is 12.1 Å². The van der Waals surface area contributed by atoms with Gasteiger partial charge in [0, 0.05) is 15.5 Å². The summed E-state index contributed by atoms with van der Waals surface area (Å²) in [6, 6.07) is 3.04. The van der Waals surface area contributed by atoms with E-state index < -0.39 is 7.12 Å². The molecule has 0 radical (unpaired) electrons. The molecule has 0 bridgehead atoms. The third kappa shape index (κ3) is 1.93. The number of aryl methyl sites for hydroxylation is 1. The average molecular weight is 205 g/mol. The van der Waals surface area contributed by atoms with Gasteiger partial charge in [-0.3, -0.25) is 0 Å². The minimum atomic E-state index is -1.57. The third-order valence-electron chi connectivity index (χ3n) is 1.56. The molecule has 0 fully saturated rings. The zero-order chi connectivity index (χ0) is 9.30. The highest BCUT2D eigenvalue weighted by Crippen LogP contribution is 2.17. The smallest absolute Gasteiger partial charge is 0.423 e. The molecule has 64 valence electrons. The van der Waals surface area contributed by atoms with E-state index >= 15 is 0 Å². The van der Waals surface area contributed by atoms with Gasteiger partial charge in [-0.1, -0.05) is 23.2 Å². The molecular weight excluding hydrogens is 198 g/mol. The third-order valence-corrected chi connectivity index (χ3v) is 2.29. The predicted octanol–water partition coefficient (Wildman–Crippen LogP) is 0.982. The van der Waals surface area contributed by atoms with Gasteiger partial charge in [-0.05, 0) is 24.6 Å². The molecule has 1 aromatic rings. The van der Waals surface area contributed by atoms with Gasteiger partial charge in [0.2, 0.25) is 0 Å². The maximum absolute atomic E-state index is 8.83. The van der Waals surface area contributed by atoms with E-state index in [2.05, 4.69) is 0 Å². The van der Waals surface area contributed by atoms with Crippen molar-refractivity contribution in [1.29, 1.82) is 0 Å². The van der Waals surface area contributed by atoms with E-state index in [-0.39, 0.29) is 5.46 Å². The first-order chi connectivity index (χ1) is 5.52. The summed E-state index contributed by atoms with van der Waals surface area (Å²) in [6.45, 7) is 1.79. The van der Waals surface area contributed by atoms with Gasteiger partial charge < -0.3 is 10.0 Å². The Labute approximate surface area is 80.9 Å². The van der Waals surface area contributed by atoms with Gasteiger partial charge in [-0.15, -0.1) is 0 Å². The summed E-state index contributed by atoms with van der Waals surface area (Å²) in [5, 5.41) is 18.5. The van der Waals surface area contributed by atoms with Crippen LogP contribution in [0.4, 0.5) is 0 Å². The molecule has 1 aromatic carbocycles. The van der Waals surface area contributed by atoms with Gasteiger partial charge in [0.05, 0.1) is 0 Å². The molecule has 1 rings (SSSR count). The molecule has 0 aliphatic carbocycles. The second kappa shape index (κ2) is 3.67. The largest absolute Gasteiger partial charge is 0.490 e. The number of hydrogen-bond donors (Lipinski definition) is 2. The standard InChI is InChI=1S/C7H7BCl2O2/c1-4-2-7(10)5(8(11)12)3-6(4)9/h2-3,11-12H,1H3. The van der Waals surface area contributed by atoms with Crippen LogP contribution < -0.4 is 5.46 Å². The number of benzene rings is 1. The number of rotatable bonds is 1. The molecule has 2 nitrogen and oxygen atoms in total. The molecule has 0 aliphatic heterocycles. The highest BCUT2D eigenvalue weighted by atomic mass is 35.5. The first-order valence-corrected chi connectivity index (χ1v) is 4.09. The summed E-state index contributed by atoms with van der Waals surface area (Å²) >= 11 is 11.5. The maximum atomic E-state index is 8.83. The molecular formula is C7H7BCl2O2. The Kier molecular flexibility index (Phi) is 3.01. The van der Waals surface area contributed by atoms with Gasteiger partial charge in [-0.25, -0.2) is 0 Å². The van der Waals surface area contributed by atoms with Crippen molar-refractivity contribution in [3.63, 3.8) is 0 Å². The van der Waals surface area contributed by atoms with Crippen molar-refractivity contribution < 1.29 is 10.0 Å². The minimum Gasteiger partial charge on any atom is -0.423 e. The van der Waals surface area contributed by atoms with Crippen LogP contribution in [0.3, 0.4) is 0 Å². The molecule has 2 N–H and O–H groups in total.